The average Bonchev–Trinajstić information content (AvgIpc) is 2.38. The van der Waals surface area contributed by atoms with Crippen LogP contribution in [0.1, 0.15) is 5.69 Å². The minimum absolute atomic E-state index is 0.385. The second-order valence-electron chi connectivity index (χ2n) is 3.30. The molecule has 0 atom stereocenters. The summed E-state index contributed by atoms with van der Waals surface area (Å²) in [6.45, 7) is 0. The number of hydrazine groups is 1. The highest BCUT2D eigenvalue weighted by Crippen LogP contribution is 2.11. The number of para-hydroxylation sites is 1. The molecule has 0 fully saturated rings. The topological polar surface area (TPSA) is 63.3 Å². The lowest BCUT2D eigenvalue weighted by Crippen LogP contribution is -2.31. The molecular formula is C12H11FN4. The third-order valence-corrected chi connectivity index (χ3v) is 2.10. The Kier molecular flexibility index (Phi) is 3.42. The van der Waals surface area contributed by atoms with E-state index in [2.05, 4.69) is 15.4 Å². The van der Waals surface area contributed by atoms with Crippen LogP contribution in [-0.2, 0) is 0 Å². The normalized spacial score (nSPS) is 11.3. The Hall–Kier alpha value is -2.27. The monoisotopic (exact) mass is 230 g/mol. The summed E-state index contributed by atoms with van der Waals surface area (Å²) in [7, 11) is 0. The first-order valence-electron chi connectivity index (χ1n) is 5.02. The smallest absolute Gasteiger partial charge is 0.166 e. The Morgan fingerprint density at radius 1 is 1.18 bits per heavy atom. The summed E-state index contributed by atoms with van der Waals surface area (Å²) in [5, 5.41) is 0. The van der Waals surface area contributed by atoms with E-state index >= 15 is 0 Å². The van der Waals surface area contributed by atoms with Gasteiger partial charge in [-0.1, -0.05) is 18.2 Å². The number of amidine groups is 1. The molecule has 17 heavy (non-hydrogen) atoms. The van der Waals surface area contributed by atoms with Crippen LogP contribution < -0.4 is 11.3 Å². The molecule has 0 aliphatic heterocycles. The molecule has 0 aliphatic carbocycles. The zero-order valence-corrected chi connectivity index (χ0v) is 8.97. The summed E-state index contributed by atoms with van der Waals surface area (Å²) in [5.41, 5.74) is 3.68. The standard InChI is InChI=1S/C12H11FN4/c13-9-6-7-11(15-8-9)12(17-14)16-10-4-2-1-3-5-10/h1-8H,14H2,(H,16,17). The first kappa shape index (κ1) is 11.2. The second-order valence-corrected chi connectivity index (χ2v) is 3.30. The van der Waals surface area contributed by atoms with Crippen LogP contribution in [0.15, 0.2) is 53.7 Å². The Morgan fingerprint density at radius 3 is 2.53 bits per heavy atom. The lowest BCUT2D eigenvalue weighted by atomic mass is 10.3. The van der Waals surface area contributed by atoms with E-state index in [9.17, 15) is 4.39 Å². The van der Waals surface area contributed by atoms with Crippen molar-refractivity contribution < 1.29 is 4.39 Å². The fourth-order valence-corrected chi connectivity index (χ4v) is 1.31. The van der Waals surface area contributed by atoms with Crippen molar-refractivity contribution in [1.82, 2.24) is 10.4 Å². The number of nitrogens with two attached hydrogens (primary N) is 1. The molecule has 0 aliphatic rings. The summed E-state index contributed by atoms with van der Waals surface area (Å²) >= 11 is 0. The van der Waals surface area contributed by atoms with E-state index in [1.54, 1.807) is 0 Å². The van der Waals surface area contributed by atoms with Crippen LogP contribution in [0.4, 0.5) is 10.1 Å². The van der Waals surface area contributed by atoms with Crippen molar-refractivity contribution >= 4 is 11.5 Å². The first-order valence-corrected chi connectivity index (χ1v) is 5.02. The van der Waals surface area contributed by atoms with Crippen LogP contribution >= 0.6 is 0 Å². The quantitative estimate of drug-likeness (QED) is 0.357. The molecule has 1 aromatic carbocycles. The van der Waals surface area contributed by atoms with E-state index in [4.69, 9.17) is 5.84 Å². The van der Waals surface area contributed by atoms with Crippen LogP contribution in [0.2, 0.25) is 0 Å². The first-order chi connectivity index (χ1) is 8.29. The number of nitrogens with zero attached hydrogens (tertiary/aromatic N) is 2. The summed E-state index contributed by atoms with van der Waals surface area (Å²) in [5.74, 6) is 5.36. The van der Waals surface area contributed by atoms with Gasteiger partial charge in [0.05, 0.1) is 11.9 Å². The predicted molar refractivity (Wildman–Crippen MR) is 64.2 cm³/mol. The molecule has 86 valence electrons. The lowest BCUT2D eigenvalue weighted by molar-refractivity contribution is 0.621. The van der Waals surface area contributed by atoms with Crippen molar-refractivity contribution in [2.24, 2.45) is 10.8 Å². The van der Waals surface area contributed by atoms with Gasteiger partial charge < -0.3 is 5.43 Å². The molecule has 4 nitrogen and oxygen atoms in total. The van der Waals surface area contributed by atoms with Gasteiger partial charge in [-0.05, 0) is 24.3 Å². The number of aromatic nitrogens is 1. The molecule has 0 radical (unpaired) electrons. The number of aliphatic imine (C=N–C) groups is 1. The lowest BCUT2D eigenvalue weighted by Gasteiger charge is -2.04. The highest BCUT2D eigenvalue weighted by atomic mass is 19.1. The maximum absolute atomic E-state index is 12.7. The van der Waals surface area contributed by atoms with Crippen LogP contribution in [0.25, 0.3) is 0 Å². The molecule has 0 saturated carbocycles. The van der Waals surface area contributed by atoms with Gasteiger partial charge in [-0.2, -0.15) is 0 Å². The maximum atomic E-state index is 12.7. The molecule has 2 rings (SSSR count). The number of nitrogens with one attached hydrogen (secondary N) is 1. The predicted octanol–water partition coefficient (Wildman–Crippen LogP) is 1.76. The Balaban J connectivity index is 2.34. The Bertz CT molecular complexity index is 508. The molecule has 1 aromatic heterocycles. The van der Waals surface area contributed by atoms with Gasteiger partial charge in [-0.15, -0.1) is 0 Å². The van der Waals surface area contributed by atoms with Crippen molar-refractivity contribution in [3.05, 3.63) is 60.2 Å². The molecule has 3 N–H and O–H groups in total. The minimum Gasteiger partial charge on any atom is -0.307 e. The number of hydrogen-bond donors (Lipinski definition) is 2. The van der Waals surface area contributed by atoms with Crippen LogP contribution in [-0.4, -0.2) is 10.8 Å². The molecule has 2 aromatic rings. The largest absolute Gasteiger partial charge is 0.307 e. The van der Waals surface area contributed by atoms with Gasteiger partial charge in [0.1, 0.15) is 11.5 Å². The minimum atomic E-state index is -0.398. The van der Waals surface area contributed by atoms with Crippen molar-refractivity contribution in [3.63, 3.8) is 0 Å². The van der Waals surface area contributed by atoms with Gasteiger partial charge in [0.2, 0.25) is 0 Å². The third kappa shape index (κ3) is 2.85. The molecule has 0 spiro atoms. The SMILES string of the molecule is NNC(=Nc1ccccc1)c1ccc(F)cn1. The second kappa shape index (κ2) is 5.18. The van der Waals surface area contributed by atoms with E-state index in [1.807, 2.05) is 30.3 Å². The van der Waals surface area contributed by atoms with Crippen molar-refractivity contribution in [3.8, 4) is 0 Å². The van der Waals surface area contributed by atoms with E-state index < -0.39 is 5.82 Å². The van der Waals surface area contributed by atoms with E-state index in [0.29, 0.717) is 11.5 Å². The molecular weight excluding hydrogens is 219 g/mol. The molecule has 0 unspecified atom stereocenters. The van der Waals surface area contributed by atoms with Crippen LogP contribution in [0.3, 0.4) is 0 Å². The van der Waals surface area contributed by atoms with Gasteiger partial charge in [-0.3, -0.25) is 0 Å². The molecule has 0 bridgehead atoms. The van der Waals surface area contributed by atoms with Crippen molar-refractivity contribution in [2.45, 2.75) is 0 Å². The molecule has 0 amide bonds. The van der Waals surface area contributed by atoms with Gasteiger partial charge in [0.25, 0.3) is 0 Å². The highest BCUT2D eigenvalue weighted by Gasteiger charge is 2.03. The van der Waals surface area contributed by atoms with Crippen molar-refractivity contribution in [2.75, 3.05) is 0 Å². The summed E-state index contributed by atoms with van der Waals surface area (Å²) in [6, 6.07) is 12.1. The fourth-order valence-electron chi connectivity index (χ4n) is 1.31. The zero-order valence-electron chi connectivity index (χ0n) is 8.97. The molecule has 5 heteroatoms. The number of hydrogen-bond acceptors (Lipinski definition) is 3. The third-order valence-electron chi connectivity index (χ3n) is 2.10. The van der Waals surface area contributed by atoms with E-state index in [0.717, 1.165) is 11.9 Å². The molecule has 0 saturated heterocycles. The highest BCUT2D eigenvalue weighted by molar-refractivity contribution is 5.98. The zero-order chi connectivity index (χ0) is 12.1. The number of benzene rings is 1. The summed E-state index contributed by atoms with van der Waals surface area (Å²) in [4.78, 5) is 8.17. The molecule has 1 heterocycles. The number of pyridine rings is 1. The van der Waals surface area contributed by atoms with Crippen LogP contribution in [0.5, 0.6) is 0 Å². The fraction of sp³-hybridized carbons (Fsp3) is 0. The van der Waals surface area contributed by atoms with Gasteiger partial charge in [0, 0.05) is 0 Å². The van der Waals surface area contributed by atoms with Crippen LogP contribution in [0, 0.1) is 5.82 Å². The number of rotatable bonds is 2. The van der Waals surface area contributed by atoms with Gasteiger partial charge >= 0.3 is 0 Å². The van der Waals surface area contributed by atoms with E-state index in [1.165, 1.54) is 12.1 Å². The Labute approximate surface area is 98.0 Å². The Morgan fingerprint density at radius 2 is 1.94 bits per heavy atom. The maximum Gasteiger partial charge on any atom is 0.166 e. The van der Waals surface area contributed by atoms with E-state index in [-0.39, 0.29) is 0 Å². The van der Waals surface area contributed by atoms with Crippen molar-refractivity contribution in [1.29, 1.82) is 0 Å². The summed E-state index contributed by atoms with van der Waals surface area (Å²) < 4.78 is 12.7. The van der Waals surface area contributed by atoms with Gasteiger partial charge in [-0.25, -0.2) is 20.2 Å². The average molecular weight is 230 g/mol. The summed E-state index contributed by atoms with van der Waals surface area (Å²) in [6.07, 6.45) is 1.12. The van der Waals surface area contributed by atoms with Gasteiger partial charge in [0.15, 0.2) is 5.84 Å². The number of halogens is 1.